The van der Waals surface area contributed by atoms with E-state index in [0.29, 0.717) is 12.8 Å². The van der Waals surface area contributed by atoms with Gasteiger partial charge in [-0.1, -0.05) is 19.8 Å². The van der Waals surface area contributed by atoms with Crippen LogP contribution in [-0.4, -0.2) is 11.7 Å². The second-order valence-electron chi connectivity index (χ2n) is 3.42. The van der Waals surface area contributed by atoms with Gasteiger partial charge in [-0.25, -0.2) is 4.39 Å². The second-order valence-corrected chi connectivity index (χ2v) is 3.42. The molecule has 0 spiro atoms. The monoisotopic (exact) mass is 145 g/mol. The molecule has 10 heavy (non-hydrogen) atoms. The Morgan fingerprint density at radius 1 is 1.60 bits per heavy atom. The summed E-state index contributed by atoms with van der Waals surface area (Å²) in [7, 11) is 0. The highest BCUT2D eigenvalue weighted by Crippen LogP contribution is 2.39. The first-order valence-electron chi connectivity index (χ1n) is 4.11. The Balaban J connectivity index is 2.15. The van der Waals surface area contributed by atoms with Crippen molar-refractivity contribution in [2.45, 2.75) is 50.7 Å². The SMILES string of the molecule is CCCCC1(F)CC(N)C1. The molecule has 0 amide bonds. The first-order valence-corrected chi connectivity index (χ1v) is 4.11. The van der Waals surface area contributed by atoms with Gasteiger partial charge in [0, 0.05) is 6.04 Å². The van der Waals surface area contributed by atoms with Gasteiger partial charge in [0.2, 0.25) is 0 Å². The average Bonchev–Trinajstić information content (AvgIpc) is 1.81. The largest absolute Gasteiger partial charge is 0.327 e. The van der Waals surface area contributed by atoms with Gasteiger partial charge in [0.05, 0.1) is 0 Å². The van der Waals surface area contributed by atoms with Gasteiger partial charge in [0.15, 0.2) is 0 Å². The second kappa shape index (κ2) is 2.87. The molecule has 0 radical (unpaired) electrons. The van der Waals surface area contributed by atoms with Crippen LogP contribution in [0.5, 0.6) is 0 Å². The van der Waals surface area contributed by atoms with Gasteiger partial charge in [-0.15, -0.1) is 0 Å². The highest BCUT2D eigenvalue weighted by molar-refractivity contribution is 4.96. The van der Waals surface area contributed by atoms with Crippen LogP contribution in [0.3, 0.4) is 0 Å². The predicted molar refractivity (Wildman–Crippen MR) is 40.6 cm³/mol. The van der Waals surface area contributed by atoms with Crippen molar-refractivity contribution in [2.75, 3.05) is 0 Å². The molecule has 0 aliphatic heterocycles. The minimum absolute atomic E-state index is 0.141. The summed E-state index contributed by atoms with van der Waals surface area (Å²) in [5.74, 6) is 0. The van der Waals surface area contributed by atoms with E-state index in [1.54, 1.807) is 0 Å². The number of nitrogens with two attached hydrogens (primary N) is 1. The molecular formula is C8H16FN. The Kier molecular flexibility index (Phi) is 2.29. The molecule has 0 unspecified atom stereocenters. The fourth-order valence-electron chi connectivity index (χ4n) is 1.58. The molecule has 2 N–H and O–H groups in total. The summed E-state index contributed by atoms with van der Waals surface area (Å²) >= 11 is 0. The Bertz CT molecular complexity index is 108. The smallest absolute Gasteiger partial charge is 0.114 e. The topological polar surface area (TPSA) is 26.0 Å². The quantitative estimate of drug-likeness (QED) is 0.646. The number of hydrogen-bond acceptors (Lipinski definition) is 1. The van der Waals surface area contributed by atoms with Crippen LogP contribution in [0.15, 0.2) is 0 Å². The molecule has 1 saturated carbocycles. The summed E-state index contributed by atoms with van der Waals surface area (Å²) in [6.07, 6.45) is 3.99. The molecule has 1 aliphatic carbocycles. The molecule has 2 heteroatoms. The average molecular weight is 145 g/mol. The molecule has 0 aromatic rings. The standard InChI is InChI=1S/C8H16FN/c1-2-3-4-8(9)5-7(10)6-8/h7H,2-6,10H2,1H3. The van der Waals surface area contributed by atoms with Crippen molar-refractivity contribution in [3.8, 4) is 0 Å². The first-order chi connectivity index (χ1) is 4.66. The van der Waals surface area contributed by atoms with Crippen LogP contribution >= 0.6 is 0 Å². The van der Waals surface area contributed by atoms with E-state index < -0.39 is 5.67 Å². The molecule has 0 bridgehead atoms. The molecule has 1 fully saturated rings. The van der Waals surface area contributed by atoms with E-state index in [2.05, 4.69) is 6.92 Å². The van der Waals surface area contributed by atoms with Crippen molar-refractivity contribution in [1.82, 2.24) is 0 Å². The van der Waals surface area contributed by atoms with E-state index in [4.69, 9.17) is 5.73 Å². The Hall–Kier alpha value is -0.110. The zero-order chi connectivity index (χ0) is 7.61. The summed E-state index contributed by atoms with van der Waals surface area (Å²) in [6.45, 7) is 2.09. The van der Waals surface area contributed by atoms with Gasteiger partial charge in [-0.2, -0.15) is 0 Å². The molecule has 0 atom stereocenters. The lowest BCUT2D eigenvalue weighted by Crippen LogP contribution is -2.48. The molecule has 0 aromatic carbocycles. The highest BCUT2D eigenvalue weighted by Gasteiger charge is 2.41. The number of alkyl halides is 1. The van der Waals surface area contributed by atoms with E-state index >= 15 is 0 Å². The van der Waals surface area contributed by atoms with Crippen LogP contribution in [0.2, 0.25) is 0 Å². The van der Waals surface area contributed by atoms with E-state index in [9.17, 15) is 4.39 Å². The van der Waals surface area contributed by atoms with Gasteiger partial charge < -0.3 is 5.73 Å². The summed E-state index contributed by atoms with van der Waals surface area (Å²) in [6, 6.07) is 0.141. The van der Waals surface area contributed by atoms with Gasteiger partial charge in [0.1, 0.15) is 5.67 Å². The van der Waals surface area contributed by atoms with Crippen LogP contribution in [-0.2, 0) is 0 Å². The normalized spacial score (nSPS) is 39.3. The van der Waals surface area contributed by atoms with Crippen LogP contribution in [0, 0.1) is 0 Å². The summed E-state index contributed by atoms with van der Waals surface area (Å²) < 4.78 is 13.3. The van der Waals surface area contributed by atoms with E-state index in [1.165, 1.54) is 0 Å². The van der Waals surface area contributed by atoms with Crippen molar-refractivity contribution < 1.29 is 4.39 Å². The maximum atomic E-state index is 13.3. The van der Waals surface area contributed by atoms with Gasteiger partial charge >= 0.3 is 0 Å². The predicted octanol–water partition coefficient (Wildman–Crippen LogP) is 2.01. The van der Waals surface area contributed by atoms with Crippen LogP contribution in [0.4, 0.5) is 4.39 Å². The summed E-state index contributed by atoms with van der Waals surface area (Å²) in [4.78, 5) is 0. The molecule has 60 valence electrons. The Morgan fingerprint density at radius 2 is 2.20 bits per heavy atom. The maximum absolute atomic E-state index is 13.3. The third-order valence-corrected chi connectivity index (χ3v) is 2.23. The fourth-order valence-corrected chi connectivity index (χ4v) is 1.58. The first kappa shape index (κ1) is 7.99. The van der Waals surface area contributed by atoms with Crippen molar-refractivity contribution in [1.29, 1.82) is 0 Å². The van der Waals surface area contributed by atoms with E-state index in [0.717, 1.165) is 19.3 Å². The number of hydrogen-bond donors (Lipinski definition) is 1. The number of rotatable bonds is 3. The van der Waals surface area contributed by atoms with Crippen molar-refractivity contribution in [3.63, 3.8) is 0 Å². The van der Waals surface area contributed by atoms with Crippen LogP contribution in [0.25, 0.3) is 0 Å². The van der Waals surface area contributed by atoms with Crippen molar-refractivity contribution in [3.05, 3.63) is 0 Å². The molecular weight excluding hydrogens is 129 g/mol. The molecule has 0 saturated heterocycles. The van der Waals surface area contributed by atoms with Gasteiger partial charge in [0.25, 0.3) is 0 Å². The Morgan fingerprint density at radius 3 is 2.60 bits per heavy atom. The van der Waals surface area contributed by atoms with Crippen molar-refractivity contribution in [2.24, 2.45) is 5.73 Å². The Labute approximate surface area is 61.8 Å². The van der Waals surface area contributed by atoms with Crippen molar-refractivity contribution >= 4 is 0 Å². The van der Waals surface area contributed by atoms with Crippen LogP contribution < -0.4 is 5.73 Å². The molecule has 1 nitrogen and oxygen atoms in total. The number of halogens is 1. The lowest BCUT2D eigenvalue weighted by atomic mass is 9.75. The van der Waals surface area contributed by atoms with E-state index in [1.807, 2.05) is 0 Å². The van der Waals surface area contributed by atoms with Gasteiger partial charge in [-0.05, 0) is 19.3 Å². The van der Waals surface area contributed by atoms with Gasteiger partial charge in [-0.3, -0.25) is 0 Å². The minimum Gasteiger partial charge on any atom is -0.327 e. The zero-order valence-corrected chi connectivity index (χ0v) is 6.57. The zero-order valence-electron chi connectivity index (χ0n) is 6.57. The summed E-state index contributed by atoms with van der Waals surface area (Å²) in [5, 5.41) is 0. The fraction of sp³-hybridized carbons (Fsp3) is 1.00. The molecule has 0 heterocycles. The van der Waals surface area contributed by atoms with Crippen LogP contribution in [0.1, 0.15) is 39.0 Å². The lowest BCUT2D eigenvalue weighted by molar-refractivity contribution is 0.0329. The molecule has 1 aliphatic rings. The third kappa shape index (κ3) is 1.69. The molecule has 1 rings (SSSR count). The highest BCUT2D eigenvalue weighted by atomic mass is 19.1. The van der Waals surface area contributed by atoms with E-state index in [-0.39, 0.29) is 6.04 Å². The molecule has 0 aromatic heterocycles. The third-order valence-electron chi connectivity index (χ3n) is 2.23. The minimum atomic E-state index is -0.880. The lowest BCUT2D eigenvalue weighted by Gasteiger charge is -2.39. The summed E-state index contributed by atoms with van der Waals surface area (Å²) in [5.41, 5.74) is 4.61. The number of unbranched alkanes of at least 4 members (excludes halogenated alkanes) is 1. The maximum Gasteiger partial charge on any atom is 0.114 e.